The molecule has 0 saturated carbocycles. The fraction of sp³-hybridized carbons (Fsp3) is 0.381. The Kier molecular flexibility index (Phi) is 8.78. The molecule has 0 amide bonds. The SMILES string of the molecule is CCNC(=NCc1ccc(OC)c(OC)c1OC)NCCOc1ccccc1. The zero-order valence-electron chi connectivity index (χ0n) is 17.0. The van der Waals surface area contributed by atoms with Crippen molar-refractivity contribution in [3.8, 4) is 23.0 Å². The number of hydrogen-bond acceptors (Lipinski definition) is 5. The topological polar surface area (TPSA) is 73.3 Å². The Bertz CT molecular complexity index is 751. The van der Waals surface area contributed by atoms with Gasteiger partial charge >= 0.3 is 0 Å². The van der Waals surface area contributed by atoms with Crippen molar-refractivity contribution in [3.63, 3.8) is 0 Å². The van der Waals surface area contributed by atoms with Gasteiger partial charge in [-0.15, -0.1) is 0 Å². The van der Waals surface area contributed by atoms with Gasteiger partial charge in [0.1, 0.15) is 12.4 Å². The fourth-order valence-electron chi connectivity index (χ4n) is 2.65. The molecule has 0 saturated heterocycles. The Morgan fingerprint density at radius 3 is 2.29 bits per heavy atom. The average Bonchev–Trinajstić information content (AvgIpc) is 2.74. The van der Waals surface area contributed by atoms with Crippen LogP contribution in [0.5, 0.6) is 23.0 Å². The molecule has 7 heteroatoms. The lowest BCUT2D eigenvalue weighted by Crippen LogP contribution is -2.39. The predicted molar refractivity (Wildman–Crippen MR) is 111 cm³/mol. The van der Waals surface area contributed by atoms with Gasteiger partial charge < -0.3 is 29.6 Å². The van der Waals surface area contributed by atoms with E-state index in [9.17, 15) is 0 Å². The van der Waals surface area contributed by atoms with E-state index in [1.165, 1.54) is 0 Å². The number of hydrogen-bond donors (Lipinski definition) is 2. The smallest absolute Gasteiger partial charge is 0.203 e. The first-order valence-corrected chi connectivity index (χ1v) is 9.21. The molecule has 2 N–H and O–H groups in total. The summed E-state index contributed by atoms with van der Waals surface area (Å²) < 4.78 is 22.0. The van der Waals surface area contributed by atoms with Crippen LogP contribution in [0.1, 0.15) is 12.5 Å². The van der Waals surface area contributed by atoms with Crippen molar-refractivity contribution in [1.82, 2.24) is 10.6 Å². The maximum atomic E-state index is 5.69. The van der Waals surface area contributed by atoms with Crippen molar-refractivity contribution < 1.29 is 18.9 Å². The minimum atomic E-state index is 0.429. The van der Waals surface area contributed by atoms with Crippen LogP contribution in [-0.4, -0.2) is 47.0 Å². The van der Waals surface area contributed by atoms with Gasteiger partial charge in [0.15, 0.2) is 17.5 Å². The number of nitrogens with one attached hydrogen (secondary N) is 2. The number of methoxy groups -OCH3 is 3. The highest BCUT2D eigenvalue weighted by Gasteiger charge is 2.15. The fourth-order valence-corrected chi connectivity index (χ4v) is 2.65. The third kappa shape index (κ3) is 5.97. The zero-order valence-corrected chi connectivity index (χ0v) is 17.0. The third-order valence-corrected chi connectivity index (χ3v) is 3.94. The normalized spacial score (nSPS) is 10.9. The Morgan fingerprint density at radius 2 is 1.64 bits per heavy atom. The molecule has 0 radical (unpaired) electrons. The van der Waals surface area contributed by atoms with E-state index in [4.69, 9.17) is 18.9 Å². The summed E-state index contributed by atoms with van der Waals surface area (Å²) in [7, 11) is 4.79. The quantitative estimate of drug-likeness (QED) is 0.371. The summed E-state index contributed by atoms with van der Waals surface area (Å²) in [5.74, 6) is 3.35. The van der Waals surface area contributed by atoms with Gasteiger partial charge in [-0.25, -0.2) is 4.99 Å². The molecule has 0 aliphatic heterocycles. The van der Waals surface area contributed by atoms with E-state index in [1.807, 2.05) is 49.4 Å². The van der Waals surface area contributed by atoms with Crippen LogP contribution >= 0.6 is 0 Å². The number of guanidine groups is 1. The number of para-hydroxylation sites is 1. The molecule has 0 heterocycles. The average molecular weight is 387 g/mol. The van der Waals surface area contributed by atoms with Crippen LogP contribution in [0.3, 0.4) is 0 Å². The van der Waals surface area contributed by atoms with Crippen molar-refractivity contribution in [1.29, 1.82) is 0 Å². The van der Waals surface area contributed by atoms with Crippen LogP contribution in [0.2, 0.25) is 0 Å². The molecule has 152 valence electrons. The lowest BCUT2D eigenvalue weighted by atomic mass is 10.1. The van der Waals surface area contributed by atoms with Gasteiger partial charge in [0.2, 0.25) is 5.75 Å². The van der Waals surface area contributed by atoms with Crippen LogP contribution in [0.25, 0.3) is 0 Å². The predicted octanol–water partition coefficient (Wildman–Crippen LogP) is 2.85. The maximum absolute atomic E-state index is 5.69. The zero-order chi connectivity index (χ0) is 20.2. The summed E-state index contributed by atoms with van der Waals surface area (Å²) in [6.07, 6.45) is 0. The second kappa shape index (κ2) is 11.6. The Balaban J connectivity index is 1.99. The number of rotatable bonds is 10. The van der Waals surface area contributed by atoms with Crippen LogP contribution in [0.15, 0.2) is 47.5 Å². The van der Waals surface area contributed by atoms with Gasteiger partial charge in [-0.2, -0.15) is 0 Å². The molecule has 2 aromatic rings. The van der Waals surface area contributed by atoms with Crippen LogP contribution in [0, 0.1) is 0 Å². The van der Waals surface area contributed by atoms with E-state index in [2.05, 4.69) is 15.6 Å². The molecule has 2 rings (SSSR count). The minimum absolute atomic E-state index is 0.429. The number of nitrogens with zero attached hydrogens (tertiary/aromatic N) is 1. The monoisotopic (exact) mass is 387 g/mol. The Hall–Kier alpha value is -3.09. The van der Waals surface area contributed by atoms with E-state index in [0.29, 0.717) is 42.9 Å². The molecule has 0 aliphatic carbocycles. The number of aliphatic imine (C=N–C) groups is 1. The van der Waals surface area contributed by atoms with Gasteiger partial charge in [0.05, 0.1) is 34.4 Å². The summed E-state index contributed by atoms with van der Waals surface area (Å²) in [6, 6.07) is 13.5. The molecule has 0 spiro atoms. The molecular formula is C21H29N3O4. The molecule has 0 aliphatic rings. The van der Waals surface area contributed by atoms with Crippen LogP contribution in [-0.2, 0) is 6.54 Å². The van der Waals surface area contributed by atoms with E-state index in [0.717, 1.165) is 17.9 Å². The highest BCUT2D eigenvalue weighted by molar-refractivity contribution is 5.79. The molecule has 0 fully saturated rings. The van der Waals surface area contributed by atoms with Gasteiger partial charge in [0, 0.05) is 12.1 Å². The standard InChI is InChI=1S/C21H29N3O4/c1-5-22-21(23-13-14-28-17-9-7-6-8-10-17)24-15-16-11-12-18(25-2)20(27-4)19(16)26-3/h6-12H,5,13-15H2,1-4H3,(H2,22,23,24). The van der Waals surface area contributed by atoms with Crippen molar-refractivity contribution in [2.75, 3.05) is 41.0 Å². The molecule has 0 unspecified atom stereocenters. The van der Waals surface area contributed by atoms with Gasteiger partial charge in [0.25, 0.3) is 0 Å². The first-order chi connectivity index (χ1) is 13.7. The summed E-state index contributed by atoms with van der Waals surface area (Å²) in [5.41, 5.74) is 0.901. The lowest BCUT2D eigenvalue weighted by molar-refractivity contribution is 0.321. The first-order valence-electron chi connectivity index (χ1n) is 9.21. The molecular weight excluding hydrogens is 358 g/mol. The molecule has 28 heavy (non-hydrogen) atoms. The van der Waals surface area contributed by atoms with E-state index < -0.39 is 0 Å². The molecule has 0 bridgehead atoms. The summed E-state index contributed by atoms with van der Waals surface area (Å²) >= 11 is 0. The molecule has 2 aromatic carbocycles. The summed E-state index contributed by atoms with van der Waals surface area (Å²) in [6.45, 7) is 4.37. The third-order valence-electron chi connectivity index (χ3n) is 3.94. The summed E-state index contributed by atoms with van der Waals surface area (Å²) in [4.78, 5) is 4.63. The van der Waals surface area contributed by atoms with E-state index >= 15 is 0 Å². The maximum Gasteiger partial charge on any atom is 0.203 e. The summed E-state index contributed by atoms with van der Waals surface area (Å²) in [5, 5.41) is 6.49. The van der Waals surface area contributed by atoms with Crippen molar-refractivity contribution >= 4 is 5.96 Å². The molecule has 0 aromatic heterocycles. The van der Waals surface area contributed by atoms with Crippen LogP contribution in [0.4, 0.5) is 0 Å². The van der Waals surface area contributed by atoms with E-state index in [1.54, 1.807) is 21.3 Å². The Labute approximate surface area is 166 Å². The van der Waals surface area contributed by atoms with Gasteiger partial charge in [-0.05, 0) is 31.2 Å². The van der Waals surface area contributed by atoms with Crippen molar-refractivity contribution in [2.24, 2.45) is 4.99 Å². The largest absolute Gasteiger partial charge is 0.493 e. The van der Waals surface area contributed by atoms with Gasteiger partial charge in [-0.1, -0.05) is 18.2 Å². The number of ether oxygens (including phenoxy) is 4. The second-order valence-electron chi connectivity index (χ2n) is 5.78. The molecule has 7 nitrogen and oxygen atoms in total. The first kappa shape index (κ1) is 21.2. The molecule has 0 atom stereocenters. The number of benzene rings is 2. The van der Waals surface area contributed by atoms with Crippen molar-refractivity contribution in [3.05, 3.63) is 48.0 Å². The van der Waals surface area contributed by atoms with E-state index in [-0.39, 0.29) is 0 Å². The van der Waals surface area contributed by atoms with Crippen LogP contribution < -0.4 is 29.6 Å². The van der Waals surface area contributed by atoms with Gasteiger partial charge in [-0.3, -0.25) is 0 Å². The lowest BCUT2D eigenvalue weighted by Gasteiger charge is -2.16. The minimum Gasteiger partial charge on any atom is -0.493 e. The van der Waals surface area contributed by atoms with Crippen molar-refractivity contribution in [2.45, 2.75) is 13.5 Å². The highest BCUT2D eigenvalue weighted by atomic mass is 16.5. The second-order valence-corrected chi connectivity index (χ2v) is 5.78. The highest BCUT2D eigenvalue weighted by Crippen LogP contribution is 2.39. The Morgan fingerprint density at radius 1 is 0.893 bits per heavy atom.